The molecule has 122 valence electrons. The van der Waals surface area contributed by atoms with Crippen LogP contribution in [0.5, 0.6) is 0 Å². The smallest absolute Gasteiger partial charge is 0.338 e. The molecule has 0 fully saturated rings. The molecule has 0 radical (unpaired) electrons. The lowest BCUT2D eigenvalue weighted by Gasteiger charge is -2.03. The van der Waals surface area contributed by atoms with E-state index < -0.39 is 10.9 Å². The summed E-state index contributed by atoms with van der Waals surface area (Å²) in [6.07, 6.45) is 0. The highest BCUT2D eigenvalue weighted by molar-refractivity contribution is 7.08. The van der Waals surface area contributed by atoms with Crippen molar-refractivity contribution in [3.8, 4) is 11.4 Å². The van der Waals surface area contributed by atoms with Crippen LogP contribution in [-0.2, 0) is 11.3 Å². The number of aryl methyl sites for hydroxylation is 1. The van der Waals surface area contributed by atoms with Crippen LogP contribution in [0.25, 0.3) is 11.4 Å². The monoisotopic (exact) mass is 345 g/mol. The van der Waals surface area contributed by atoms with Crippen molar-refractivity contribution in [1.82, 2.24) is 10.1 Å². The molecule has 0 spiro atoms. The maximum absolute atomic E-state index is 12.0. The first-order valence-corrected chi connectivity index (χ1v) is 7.76. The van der Waals surface area contributed by atoms with Crippen LogP contribution in [0.4, 0.5) is 5.69 Å². The maximum atomic E-state index is 12.0. The highest BCUT2D eigenvalue weighted by atomic mass is 32.1. The van der Waals surface area contributed by atoms with Crippen molar-refractivity contribution < 1.29 is 19.0 Å². The van der Waals surface area contributed by atoms with Crippen molar-refractivity contribution in [2.24, 2.45) is 0 Å². The lowest BCUT2D eigenvalue weighted by Crippen LogP contribution is -2.06. The fourth-order valence-electron chi connectivity index (χ4n) is 2.02. The Morgan fingerprint density at radius 1 is 1.42 bits per heavy atom. The number of rotatable bonds is 5. The molecule has 24 heavy (non-hydrogen) atoms. The zero-order chi connectivity index (χ0) is 17.1. The van der Waals surface area contributed by atoms with E-state index in [2.05, 4.69) is 10.1 Å². The molecule has 2 heterocycles. The van der Waals surface area contributed by atoms with E-state index in [1.807, 2.05) is 16.8 Å². The number of nitro benzene ring substituents is 1. The Morgan fingerprint density at radius 3 is 2.92 bits per heavy atom. The fraction of sp³-hybridized carbons (Fsp3) is 0.133. The van der Waals surface area contributed by atoms with E-state index in [1.54, 1.807) is 6.92 Å². The van der Waals surface area contributed by atoms with Crippen LogP contribution >= 0.6 is 11.3 Å². The summed E-state index contributed by atoms with van der Waals surface area (Å²) >= 11 is 1.51. The Morgan fingerprint density at radius 2 is 2.25 bits per heavy atom. The minimum atomic E-state index is -0.622. The molecule has 3 rings (SSSR count). The lowest BCUT2D eigenvalue weighted by atomic mass is 10.1. The normalized spacial score (nSPS) is 10.5. The van der Waals surface area contributed by atoms with Crippen LogP contribution in [-0.4, -0.2) is 21.0 Å². The predicted octanol–water partition coefficient (Wildman–Crippen LogP) is 3.37. The van der Waals surface area contributed by atoms with Crippen molar-refractivity contribution in [1.29, 1.82) is 0 Å². The molecule has 0 amide bonds. The molecule has 0 N–H and O–H groups in total. The van der Waals surface area contributed by atoms with Gasteiger partial charge in [0.1, 0.15) is 0 Å². The standard InChI is InChI=1S/C15H11N3O5S/c1-9-6-10(2-3-12(9)18(20)21)15(19)22-7-13-16-14(17-23-13)11-4-5-24-8-11/h2-6,8H,7H2,1H3. The zero-order valence-corrected chi connectivity index (χ0v) is 13.3. The van der Waals surface area contributed by atoms with Crippen LogP contribution in [0.1, 0.15) is 21.8 Å². The van der Waals surface area contributed by atoms with Gasteiger partial charge < -0.3 is 9.26 Å². The second-order valence-electron chi connectivity index (χ2n) is 4.86. The Hall–Kier alpha value is -3.07. The number of nitrogens with zero attached hydrogens (tertiary/aromatic N) is 3. The second-order valence-corrected chi connectivity index (χ2v) is 5.64. The molecule has 0 unspecified atom stereocenters. The number of hydrogen-bond acceptors (Lipinski definition) is 8. The van der Waals surface area contributed by atoms with E-state index in [-0.39, 0.29) is 23.7 Å². The number of nitro groups is 1. The van der Waals surface area contributed by atoms with E-state index in [0.717, 1.165) is 5.56 Å². The van der Waals surface area contributed by atoms with Gasteiger partial charge in [0.05, 0.1) is 10.5 Å². The molecule has 8 nitrogen and oxygen atoms in total. The summed E-state index contributed by atoms with van der Waals surface area (Å²) in [5, 5.41) is 18.4. The van der Waals surface area contributed by atoms with Crippen LogP contribution in [0.3, 0.4) is 0 Å². The zero-order valence-electron chi connectivity index (χ0n) is 12.5. The number of benzene rings is 1. The molecule has 0 aliphatic carbocycles. The summed E-state index contributed by atoms with van der Waals surface area (Å²) in [5.41, 5.74) is 1.37. The Bertz CT molecular complexity index is 888. The summed E-state index contributed by atoms with van der Waals surface area (Å²) in [5.74, 6) is -0.0278. The van der Waals surface area contributed by atoms with Crippen LogP contribution in [0, 0.1) is 17.0 Å². The molecular weight excluding hydrogens is 334 g/mol. The Balaban J connectivity index is 1.65. The second kappa shape index (κ2) is 6.59. The van der Waals surface area contributed by atoms with E-state index >= 15 is 0 Å². The first-order valence-electron chi connectivity index (χ1n) is 6.82. The van der Waals surface area contributed by atoms with Crippen LogP contribution < -0.4 is 0 Å². The molecule has 0 atom stereocenters. The molecule has 1 aromatic carbocycles. The van der Waals surface area contributed by atoms with Gasteiger partial charge in [0.25, 0.3) is 11.6 Å². The SMILES string of the molecule is Cc1cc(C(=O)OCc2nc(-c3ccsc3)no2)ccc1[N+](=O)[O-]. The average Bonchev–Trinajstić information content (AvgIpc) is 3.23. The number of hydrogen-bond donors (Lipinski definition) is 0. The Kier molecular flexibility index (Phi) is 4.34. The van der Waals surface area contributed by atoms with E-state index in [4.69, 9.17) is 9.26 Å². The third-order valence-corrected chi connectivity index (χ3v) is 3.89. The fourth-order valence-corrected chi connectivity index (χ4v) is 2.65. The molecular formula is C15H11N3O5S. The Labute approximate surface area is 139 Å². The van der Waals surface area contributed by atoms with Gasteiger partial charge in [0.2, 0.25) is 5.82 Å². The minimum Gasteiger partial charge on any atom is -0.452 e. The topological polar surface area (TPSA) is 108 Å². The number of aromatic nitrogens is 2. The highest BCUT2D eigenvalue weighted by Gasteiger charge is 2.16. The van der Waals surface area contributed by atoms with Crippen molar-refractivity contribution in [3.63, 3.8) is 0 Å². The molecule has 0 saturated heterocycles. The quantitative estimate of drug-likeness (QED) is 0.396. The van der Waals surface area contributed by atoms with Crippen LogP contribution in [0.15, 0.2) is 39.5 Å². The number of carbonyl (C=O) groups excluding carboxylic acids is 1. The van der Waals surface area contributed by atoms with Crippen molar-refractivity contribution >= 4 is 23.0 Å². The van der Waals surface area contributed by atoms with Crippen molar-refractivity contribution in [2.75, 3.05) is 0 Å². The minimum absolute atomic E-state index is 0.0520. The van der Waals surface area contributed by atoms with E-state index in [9.17, 15) is 14.9 Å². The number of ether oxygens (including phenoxy) is 1. The van der Waals surface area contributed by atoms with Gasteiger partial charge in [-0.1, -0.05) is 5.16 Å². The predicted molar refractivity (Wildman–Crippen MR) is 84.6 cm³/mol. The van der Waals surface area contributed by atoms with Gasteiger partial charge in [-0.15, -0.1) is 0 Å². The lowest BCUT2D eigenvalue weighted by molar-refractivity contribution is -0.385. The summed E-state index contributed by atoms with van der Waals surface area (Å²) in [6.45, 7) is 1.38. The van der Waals surface area contributed by atoms with E-state index in [0.29, 0.717) is 11.4 Å². The molecule has 0 aliphatic rings. The van der Waals surface area contributed by atoms with Gasteiger partial charge in [-0.05, 0) is 30.5 Å². The van der Waals surface area contributed by atoms with Crippen LogP contribution in [0.2, 0.25) is 0 Å². The molecule has 2 aromatic heterocycles. The average molecular weight is 345 g/mol. The largest absolute Gasteiger partial charge is 0.452 e. The summed E-state index contributed by atoms with van der Waals surface area (Å²) < 4.78 is 10.1. The first-order chi connectivity index (χ1) is 11.5. The van der Waals surface area contributed by atoms with Gasteiger partial charge in [-0.25, -0.2) is 4.79 Å². The third kappa shape index (κ3) is 3.30. The summed E-state index contributed by atoms with van der Waals surface area (Å²) in [4.78, 5) is 26.4. The van der Waals surface area contributed by atoms with Gasteiger partial charge in [-0.2, -0.15) is 16.3 Å². The molecule has 0 saturated carbocycles. The maximum Gasteiger partial charge on any atom is 0.338 e. The van der Waals surface area contributed by atoms with Gasteiger partial charge in [0.15, 0.2) is 6.61 Å². The molecule has 0 aliphatic heterocycles. The highest BCUT2D eigenvalue weighted by Crippen LogP contribution is 2.20. The third-order valence-electron chi connectivity index (χ3n) is 3.20. The summed E-state index contributed by atoms with van der Waals surface area (Å²) in [7, 11) is 0. The van der Waals surface area contributed by atoms with Gasteiger partial charge in [-0.3, -0.25) is 10.1 Å². The van der Waals surface area contributed by atoms with Crippen molar-refractivity contribution in [3.05, 3.63) is 62.2 Å². The summed E-state index contributed by atoms with van der Waals surface area (Å²) in [6, 6.07) is 5.88. The molecule has 9 heteroatoms. The van der Waals surface area contributed by atoms with E-state index in [1.165, 1.54) is 29.5 Å². The van der Waals surface area contributed by atoms with Crippen molar-refractivity contribution in [2.45, 2.75) is 13.5 Å². The number of thiophene rings is 1. The molecule has 3 aromatic rings. The van der Waals surface area contributed by atoms with Gasteiger partial charge in [0, 0.05) is 22.6 Å². The first kappa shape index (κ1) is 15.8. The van der Waals surface area contributed by atoms with Gasteiger partial charge >= 0.3 is 5.97 Å². The number of carbonyl (C=O) groups is 1. The molecule has 0 bridgehead atoms. The number of esters is 1.